The highest BCUT2D eigenvalue weighted by Gasteiger charge is 2.39. The lowest BCUT2D eigenvalue weighted by Gasteiger charge is -2.19. The number of phosphoric ester groups is 1. The van der Waals surface area contributed by atoms with Crippen molar-refractivity contribution in [3.8, 4) is 0 Å². The van der Waals surface area contributed by atoms with E-state index in [-0.39, 0.29) is 12.0 Å². The number of amides is 2. The Hall–Kier alpha value is -2.02. The third-order valence-electron chi connectivity index (χ3n) is 3.52. The van der Waals surface area contributed by atoms with Gasteiger partial charge in [0.2, 0.25) is 0 Å². The number of ether oxygens (including phenoxy) is 1. The molecule has 140 valence electrons. The number of hydrogen-bond acceptors (Lipinski definition) is 7. The zero-order chi connectivity index (χ0) is 18.8. The third kappa shape index (κ3) is 4.98. The van der Waals surface area contributed by atoms with Crippen molar-refractivity contribution < 1.29 is 33.6 Å². The van der Waals surface area contributed by atoms with Crippen LogP contribution in [0, 0.1) is 6.92 Å². The van der Waals surface area contributed by atoms with Crippen LogP contribution < -0.4 is 22.0 Å². The van der Waals surface area contributed by atoms with E-state index < -0.39 is 50.1 Å². The zero-order valence-electron chi connectivity index (χ0n) is 12.9. The molecule has 0 aliphatic carbocycles. The van der Waals surface area contributed by atoms with Gasteiger partial charge < -0.3 is 19.8 Å². The number of aromatic amines is 1. The lowest BCUT2D eigenvalue weighted by atomic mass is 10.1. The van der Waals surface area contributed by atoms with Gasteiger partial charge in [0.15, 0.2) is 0 Å². The standard InChI is InChI=1S/C11H17N4O9P/c1-5-3-15(11(18)13-9(5)16)8-2-6(12-10(17)14-19)7(24-8)4-23-25(20,21)22/h3,6-8,19H,2,4H2,1H3,(H2,12,14,17)(H,13,16,18)(H2,20,21,22)/t6-,7+,8+/m0/s1. The van der Waals surface area contributed by atoms with Crippen LogP contribution in [0.4, 0.5) is 4.79 Å². The molecule has 3 atom stereocenters. The smallest absolute Gasteiger partial charge is 0.350 e. The van der Waals surface area contributed by atoms with Crippen molar-refractivity contribution in [1.82, 2.24) is 20.3 Å². The summed E-state index contributed by atoms with van der Waals surface area (Å²) in [5.74, 6) is 0. The Morgan fingerprint density at radius 2 is 2.20 bits per heavy atom. The molecule has 0 aromatic carbocycles. The Balaban J connectivity index is 2.23. The van der Waals surface area contributed by atoms with Crippen LogP contribution in [0.25, 0.3) is 0 Å². The zero-order valence-corrected chi connectivity index (χ0v) is 13.8. The lowest BCUT2D eigenvalue weighted by Crippen LogP contribution is -2.46. The first-order valence-electron chi connectivity index (χ1n) is 6.99. The number of aromatic nitrogens is 2. The van der Waals surface area contributed by atoms with Crippen LogP contribution in [0.3, 0.4) is 0 Å². The van der Waals surface area contributed by atoms with E-state index in [0.717, 1.165) is 4.57 Å². The molecule has 0 unspecified atom stereocenters. The van der Waals surface area contributed by atoms with Gasteiger partial charge >= 0.3 is 19.5 Å². The summed E-state index contributed by atoms with van der Waals surface area (Å²) in [6.07, 6.45) is -0.665. The van der Waals surface area contributed by atoms with Gasteiger partial charge in [0, 0.05) is 18.2 Å². The van der Waals surface area contributed by atoms with Gasteiger partial charge in [0.1, 0.15) is 12.3 Å². The molecule has 2 rings (SSSR count). The summed E-state index contributed by atoms with van der Waals surface area (Å²) in [6, 6.07) is -1.80. The number of nitrogens with zero attached hydrogens (tertiary/aromatic N) is 1. The SMILES string of the molecule is Cc1cn([C@H]2C[C@H](NC(=O)NO)[C@@H](COP(=O)(O)O)O2)c(=O)[nH]c1=O. The van der Waals surface area contributed by atoms with E-state index in [4.69, 9.17) is 19.7 Å². The first-order chi connectivity index (χ1) is 11.6. The first-order valence-corrected chi connectivity index (χ1v) is 8.52. The Kier molecular flexibility index (Phi) is 5.77. The van der Waals surface area contributed by atoms with Crippen molar-refractivity contribution in [2.45, 2.75) is 31.7 Å². The molecule has 1 aromatic heterocycles. The molecule has 25 heavy (non-hydrogen) atoms. The monoisotopic (exact) mass is 380 g/mol. The van der Waals surface area contributed by atoms with E-state index >= 15 is 0 Å². The van der Waals surface area contributed by atoms with Crippen LogP contribution in [0.2, 0.25) is 0 Å². The van der Waals surface area contributed by atoms with E-state index in [1.807, 2.05) is 0 Å². The topological polar surface area (TPSA) is 192 Å². The largest absolute Gasteiger partial charge is 0.469 e. The maximum Gasteiger partial charge on any atom is 0.469 e. The van der Waals surface area contributed by atoms with Gasteiger partial charge in [-0.1, -0.05) is 0 Å². The van der Waals surface area contributed by atoms with Gasteiger partial charge in [-0.25, -0.2) is 19.6 Å². The molecule has 0 radical (unpaired) electrons. The molecule has 1 aliphatic heterocycles. The molecule has 14 heteroatoms. The molecule has 1 fully saturated rings. The van der Waals surface area contributed by atoms with Crippen LogP contribution in [0.5, 0.6) is 0 Å². The number of hydroxylamine groups is 1. The average molecular weight is 380 g/mol. The second-order valence-electron chi connectivity index (χ2n) is 5.32. The number of aryl methyl sites for hydroxylation is 1. The molecular weight excluding hydrogens is 363 g/mol. The summed E-state index contributed by atoms with van der Waals surface area (Å²) >= 11 is 0. The number of carbonyl (C=O) groups is 1. The summed E-state index contributed by atoms with van der Waals surface area (Å²) in [5, 5.41) is 10.9. The second-order valence-corrected chi connectivity index (χ2v) is 6.56. The van der Waals surface area contributed by atoms with Gasteiger partial charge in [-0.15, -0.1) is 0 Å². The second kappa shape index (κ2) is 7.47. The maximum atomic E-state index is 11.9. The number of phosphoric acid groups is 1. The fourth-order valence-corrected chi connectivity index (χ4v) is 2.72. The summed E-state index contributed by atoms with van der Waals surface area (Å²) in [5.41, 5.74) is 0.289. The number of rotatable bonds is 5. The average Bonchev–Trinajstić information content (AvgIpc) is 2.90. The number of urea groups is 1. The van der Waals surface area contributed by atoms with Crippen LogP contribution in [-0.4, -0.2) is 49.3 Å². The highest BCUT2D eigenvalue weighted by atomic mass is 31.2. The Bertz CT molecular complexity index is 799. The fraction of sp³-hybridized carbons (Fsp3) is 0.545. The quantitative estimate of drug-likeness (QED) is 0.196. The number of H-pyrrole nitrogens is 1. The molecule has 6 N–H and O–H groups in total. The number of hydrogen-bond donors (Lipinski definition) is 6. The molecule has 13 nitrogen and oxygen atoms in total. The van der Waals surface area contributed by atoms with Crippen molar-refractivity contribution in [1.29, 1.82) is 0 Å². The van der Waals surface area contributed by atoms with E-state index in [1.165, 1.54) is 18.6 Å². The predicted molar refractivity (Wildman–Crippen MR) is 79.8 cm³/mol. The molecule has 0 bridgehead atoms. The van der Waals surface area contributed by atoms with Crippen LogP contribution >= 0.6 is 7.82 Å². The van der Waals surface area contributed by atoms with Gasteiger partial charge in [-0.05, 0) is 6.92 Å². The van der Waals surface area contributed by atoms with Gasteiger partial charge in [-0.3, -0.25) is 24.1 Å². The molecule has 0 saturated carbocycles. The third-order valence-corrected chi connectivity index (χ3v) is 4.00. The van der Waals surface area contributed by atoms with Crippen molar-refractivity contribution in [3.63, 3.8) is 0 Å². The Labute approximate surface area is 139 Å². The van der Waals surface area contributed by atoms with Crippen LogP contribution in [0.15, 0.2) is 15.8 Å². The minimum atomic E-state index is -4.78. The van der Waals surface area contributed by atoms with Crippen molar-refractivity contribution in [2.24, 2.45) is 0 Å². The molecule has 1 saturated heterocycles. The summed E-state index contributed by atoms with van der Waals surface area (Å²) in [6.45, 7) is 0.904. The fourth-order valence-electron chi connectivity index (χ4n) is 2.38. The summed E-state index contributed by atoms with van der Waals surface area (Å²) in [7, 11) is -4.78. The van der Waals surface area contributed by atoms with Crippen molar-refractivity contribution in [3.05, 3.63) is 32.6 Å². The normalized spacial score (nSPS) is 23.4. The summed E-state index contributed by atoms with van der Waals surface area (Å²) < 4.78 is 21.8. The molecule has 1 aliphatic rings. The van der Waals surface area contributed by atoms with E-state index in [1.54, 1.807) is 0 Å². The maximum absolute atomic E-state index is 11.9. The van der Waals surface area contributed by atoms with Crippen molar-refractivity contribution in [2.75, 3.05) is 6.61 Å². The van der Waals surface area contributed by atoms with E-state index in [9.17, 15) is 18.9 Å². The van der Waals surface area contributed by atoms with Crippen molar-refractivity contribution >= 4 is 13.9 Å². The molecule has 1 aromatic rings. The van der Waals surface area contributed by atoms with Gasteiger partial charge in [0.25, 0.3) is 5.56 Å². The molecule has 0 spiro atoms. The minimum Gasteiger partial charge on any atom is -0.350 e. The first kappa shape index (κ1) is 19.3. The molecular formula is C11H17N4O9P. The lowest BCUT2D eigenvalue weighted by molar-refractivity contribution is -0.0283. The number of nitrogens with one attached hydrogen (secondary N) is 3. The van der Waals surface area contributed by atoms with Gasteiger partial charge in [0.05, 0.1) is 12.6 Å². The number of carbonyl (C=O) groups excluding carboxylic acids is 1. The summed E-state index contributed by atoms with van der Waals surface area (Å²) in [4.78, 5) is 54.3. The highest BCUT2D eigenvalue weighted by Crippen LogP contribution is 2.38. The minimum absolute atomic E-state index is 0.0218. The molecule has 2 heterocycles. The van der Waals surface area contributed by atoms with E-state index in [2.05, 4.69) is 14.8 Å². The predicted octanol–water partition coefficient (Wildman–Crippen LogP) is -1.70. The van der Waals surface area contributed by atoms with Gasteiger partial charge in [-0.2, -0.15) is 0 Å². The van der Waals surface area contributed by atoms with Crippen LogP contribution in [-0.2, 0) is 13.8 Å². The van der Waals surface area contributed by atoms with Crippen LogP contribution in [0.1, 0.15) is 18.2 Å². The Morgan fingerprint density at radius 3 is 2.80 bits per heavy atom. The molecule has 2 amide bonds. The Morgan fingerprint density at radius 1 is 1.52 bits per heavy atom. The highest BCUT2D eigenvalue weighted by molar-refractivity contribution is 7.46. The van der Waals surface area contributed by atoms with E-state index in [0.29, 0.717) is 0 Å².